The number of amides is 1. The van der Waals surface area contributed by atoms with Gasteiger partial charge in [-0.15, -0.1) is 0 Å². The van der Waals surface area contributed by atoms with Crippen molar-refractivity contribution < 1.29 is 19.0 Å². The van der Waals surface area contributed by atoms with Gasteiger partial charge in [0.05, 0.1) is 26.0 Å². The first kappa shape index (κ1) is 15.8. The summed E-state index contributed by atoms with van der Waals surface area (Å²) in [4.78, 5) is 11.0. The molecule has 0 aliphatic rings. The molecule has 1 rings (SSSR count). The summed E-state index contributed by atoms with van der Waals surface area (Å²) in [6.45, 7) is 6.71. The molecule has 110 valence electrons. The lowest BCUT2D eigenvalue weighted by atomic mass is 10.1. The van der Waals surface area contributed by atoms with Gasteiger partial charge < -0.3 is 14.2 Å². The van der Waals surface area contributed by atoms with Crippen molar-refractivity contribution in [3.8, 4) is 11.5 Å². The zero-order valence-corrected chi connectivity index (χ0v) is 12.2. The Kier molecular flexibility index (Phi) is 6.36. The van der Waals surface area contributed by atoms with Gasteiger partial charge in [-0.3, -0.25) is 0 Å². The van der Waals surface area contributed by atoms with E-state index in [-0.39, 0.29) is 0 Å². The Morgan fingerprint density at radius 3 is 2.45 bits per heavy atom. The van der Waals surface area contributed by atoms with Crippen LogP contribution in [0.5, 0.6) is 11.5 Å². The number of nitrogens with one attached hydrogen (secondary N) is 1. The lowest BCUT2D eigenvalue weighted by Gasteiger charge is -2.12. The fourth-order valence-corrected chi connectivity index (χ4v) is 1.52. The van der Waals surface area contributed by atoms with Crippen LogP contribution in [-0.4, -0.2) is 32.1 Å². The second-order valence-corrected chi connectivity index (χ2v) is 3.83. The van der Waals surface area contributed by atoms with Gasteiger partial charge in [0.1, 0.15) is 0 Å². The first-order chi connectivity index (χ1) is 9.62. The monoisotopic (exact) mass is 280 g/mol. The van der Waals surface area contributed by atoms with E-state index in [1.807, 2.05) is 32.0 Å². The predicted molar refractivity (Wildman–Crippen MR) is 76.5 cm³/mol. The van der Waals surface area contributed by atoms with Gasteiger partial charge in [0.2, 0.25) is 0 Å². The van der Waals surface area contributed by atoms with Crippen LogP contribution in [0.25, 0.3) is 0 Å². The highest BCUT2D eigenvalue weighted by atomic mass is 16.5. The third kappa shape index (κ3) is 4.46. The van der Waals surface area contributed by atoms with E-state index in [1.54, 1.807) is 6.92 Å². The highest BCUT2D eigenvalue weighted by Crippen LogP contribution is 2.28. The van der Waals surface area contributed by atoms with E-state index >= 15 is 0 Å². The Hall–Kier alpha value is -2.24. The molecule has 0 radical (unpaired) electrons. The van der Waals surface area contributed by atoms with Gasteiger partial charge in [0.25, 0.3) is 0 Å². The van der Waals surface area contributed by atoms with Crippen LogP contribution in [0, 0.1) is 0 Å². The van der Waals surface area contributed by atoms with E-state index in [9.17, 15) is 4.79 Å². The normalized spacial score (nSPS) is 10.9. The molecular weight excluding hydrogens is 260 g/mol. The summed E-state index contributed by atoms with van der Waals surface area (Å²) in [6.07, 6.45) is -0.611. The maximum atomic E-state index is 11.0. The Bertz CT molecular complexity index is 486. The van der Waals surface area contributed by atoms with Crippen molar-refractivity contribution in [2.75, 3.05) is 20.3 Å². The third-order valence-corrected chi connectivity index (χ3v) is 2.46. The topological polar surface area (TPSA) is 69.2 Å². The summed E-state index contributed by atoms with van der Waals surface area (Å²) in [5.74, 6) is 1.34. The number of methoxy groups -OCH3 is 1. The molecule has 0 aliphatic heterocycles. The van der Waals surface area contributed by atoms with E-state index in [0.717, 1.165) is 5.56 Å². The molecule has 0 atom stereocenters. The molecule has 0 saturated heterocycles. The average molecular weight is 280 g/mol. The largest absolute Gasteiger partial charge is 0.490 e. The average Bonchev–Trinajstić information content (AvgIpc) is 2.46. The van der Waals surface area contributed by atoms with Crippen LogP contribution >= 0.6 is 0 Å². The van der Waals surface area contributed by atoms with Gasteiger partial charge in [-0.25, -0.2) is 10.2 Å². The molecule has 0 spiro atoms. The van der Waals surface area contributed by atoms with Crippen LogP contribution in [0.15, 0.2) is 23.3 Å². The summed E-state index contributed by atoms with van der Waals surface area (Å²) in [5, 5.41) is 3.94. The lowest BCUT2D eigenvalue weighted by molar-refractivity contribution is 0.171. The maximum Gasteiger partial charge on any atom is 0.427 e. The van der Waals surface area contributed by atoms with Crippen molar-refractivity contribution in [3.05, 3.63) is 23.8 Å². The molecule has 0 fully saturated rings. The second-order valence-electron chi connectivity index (χ2n) is 3.83. The summed E-state index contributed by atoms with van der Waals surface area (Å²) in [6, 6.07) is 5.50. The van der Waals surface area contributed by atoms with Gasteiger partial charge in [0, 0.05) is 5.56 Å². The summed E-state index contributed by atoms with van der Waals surface area (Å²) in [5.41, 5.74) is 3.74. The molecule has 0 aliphatic carbocycles. The van der Waals surface area contributed by atoms with Crippen molar-refractivity contribution in [2.24, 2.45) is 5.10 Å². The Morgan fingerprint density at radius 1 is 1.20 bits per heavy atom. The van der Waals surface area contributed by atoms with Gasteiger partial charge in [-0.1, -0.05) is 0 Å². The van der Waals surface area contributed by atoms with Gasteiger partial charge in [0.15, 0.2) is 11.5 Å². The zero-order chi connectivity index (χ0) is 15.0. The van der Waals surface area contributed by atoms with E-state index < -0.39 is 6.09 Å². The van der Waals surface area contributed by atoms with Crippen LogP contribution < -0.4 is 14.9 Å². The summed E-state index contributed by atoms with van der Waals surface area (Å²) >= 11 is 0. The molecule has 1 amide bonds. The molecular formula is C14H20N2O4. The van der Waals surface area contributed by atoms with Gasteiger partial charge in [-0.05, 0) is 39.0 Å². The molecule has 6 nitrogen and oxygen atoms in total. The molecule has 0 bridgehead atoms. The molecule has 6 heteroatoms. The van der Waals surface area contributed by atoms with E-state index in [4.69, 9.17) is 9.47 Å². The highest BCUT2D eigenvalue weighted by molar-refractivity contribution is 5.99. The molecule has 1 aromatic rings. The summed E-state index contributed by atoms with van der Waals surface area (Å²) < 4.78 is 15.5. The minimum absolute atomic E-state index is 0.542. The first-order valence-electron chi connectivity index (χ1n) is 6.40. The molecule has 1 N–H and O–H groups in total. The van der Waals surface area contributed by atoms with Crippen LogP contribution in [0.1, 0.15) is 26.3 Å². The van der Waals surface area contributed by atoms with Crippen LogP contribution in [0.2, 0.25) is 0 Å². The Labute approximate surface area is 118 Å². The fraction of sp³-hybridized carbons (Fsp3) is 0.429. The minimum atomic E-state index is -0.611. The zero-order valence-electron chi connectivity index (χ0n) is 12.2. The number of carbonyl (C=O) groups is 1. The van der Waals surface area contributed by atoms with Crippen LogP contribution in [0.4, 0.5) is 4.79 Å². The molecule has 0 heterocycles. The lowest BCUT2D eigenvalue weighted by Crippen LogP contribution is -2.18. The van der Waals surface area contributed by atoms with Gasteiger partial charge >= 0.3 is 6.09 Å². The molecule has 1 aromatic carbocycles. The van der Waals surface area contributed by atoms with E-state index in [1.165, 1.54) is 7.11 Å². The number of rotatable bonds is 6. The van der Waals surface area contributed by atoms with Crippen LogP contribution in [0.3, 0.4) is 0 Å². The minimum Gasteiger partial charge on any atom is -0.490 e. The summed E-state index contributed by atoms with van der Waals surface area (Å²) in [7, 11) is 1.28. The number of hydrogen-bond donors (Lipinski definition) is 1. The molecule has 0 aromatic heterocycles. The number of carbonyl (C=O) groups excluding carboxylic acids is 1. The Balaban J connectivity index is 2.95. The molecule has 20 heavy (non-hydrogen) atoms. The second kappa shape index (κ2) is 8.04. The van der Waals surface area contributed by atoms with Crippen molar-refractivity contribution in [3.63, 3.8) is 0 Å². The first-order valence-corrected chi connectivity index (χ1v) is 6.40. The number of ether oxygens (including phenoxy) is 3. The quantitative estimate of drug-likeness (QED) is 0.642. The third-order valence-electron chi connectivity index (χ3n) is 2.46. The molecule has 0 saturated carbocycles. The SMILES string of the molecule is CCOc1ccc(/C(C)=N\NC(=O)OC)cc1OCC. The fourth-order valence-electron chi connectivity index (χ4n) is 1.52. The Morgan fingerprint density at radius 2 is 1.85 bits per heavy atom. The smallest absolute Gasteiger partial charge is 0.427 e. The van der Waals surface area contributed by atoms with Crippen molar-refractivity contribution >= 4 is 11.8 Å². The number of benzene rings is 1. The predicted octanol–water partition coefficient (Wildman–Crippen LogP) is 2.56. The standard InChI is InChI=1S/C14H20N2O4/c1-5-19-12-8-7-11(9-13(12)20-6-2)10(3)15-16-14(17)18-4/h7-9H,5-6H2,1-4H3,(H,16,17)/b15-10-. The van der Waals surface area contributed by atoms with Crippen molar-refractivity contribution in [1.82, 2.24) is 5.43 Å². The van der Waals surface area contributed by atoms with E-state index in [2.05, 4.69) is 15.3 Å². The number of nitrogens with zero attached hydrogens (tertiary/aromatic N) is 1. The van der Waals surface area contributed by atoms with Crippen molar-refractivity contribution in [2.45, 2.75) is 20.8 Å². The highest BCUT2D eigenvalue weighted by Gasteiger charge is 2.08. The van der Waals surface area contributed by atoms with Crippen LogP contribution in [-0.2, 0) is 4.74 Å². The van der Waals surface area contributed by atoms with Gasteiger partial charge in [-0.2, -0.15) is 5.10 Å². The van der Waals surface area contributed by atoms with E-state index in [0.29, 0.717) is 30.4 Å². The number of hydrazone groups is 1. The maximum absolute atomic E-state index is 11.0. The van der Waals surface area contributed by atoms with Crippen molar-refractivity contribution in [1.29, 1.82) is 0 Å². The number of hydrogen-bond acceptors (Lipinski definition) is 5. The molecule has 0 unspecified atom stereocenters.